The van der Waals surface area contributed by atoms with Gasteiger partial charge >= 0.3 is 27.5 Å². The second kappa shape index (κ2) is 12.7. The first-order valence-electron chi connectivity index (χ1n) is 9.80. The summed E-state index contributed by atoms with van der Waals surface area (Å²) < 4.78 is 47.7. The van der Waals surface area contributed by atoms with E-state index in [-0.39, 0.29) is 6.15 Å². The van der Waals surface area contributed by atoms with Gasteiger partial charge in [-0.2, -0.15) is 13.9 Å². The molecule has 1 aromatic rings. The topological polar surface area (TPSA) is 311 Å². The molecule has 2 fully saturated rings. The zero-order valence-corrected chi connectivity index (χ0v) is 19.9. The molecule has 3 heterocycles. The molecule has 7 unspecified atom stereocenters. The average molecular weight is 580 g/mol. The highest BCUT2D eigenvalue weighted by molar-refractivity contribution is 7.61. The summed E-state index contributed by atoms with van der Waals surface area (Å²) in [4.78, 5) is 60.6. The van der Waals surface area contributed by atoms with Crippen molar-refractivity contribution < 1.29 is 76.9 Å². The van der Waals surface area contributed by atoms with Crippen molar-refractivity contribution in [3.63, 3.8) is 0 Å². The van der Waals surface area contributed by atoms with E-state index in [0.29, 0.717) is 0 Å². The van der Waals surface area contributed by atoms with Crippen LogP contribution in [0.4, 0.5) is 0 Å². The number of nitrogens with one attached hydrogen (secondary N) is 1. The van der Waals surface area contributed by atoms with E-state index in [2.05, 4.69) is 13.4 Å². The van der Waals surface area contributed by atoms with Crippen LogP contribution in [0, 0.1) is 0 Å². The number of aliphatic hydroxyl groups excluding tert-OH is 5. The van der Waals surface area contributed by atoms with Gasteiger partial charge in [-0.05, 0) is 0 Å². The molecule has 2 aliphatic heterocycles. The third-order valence-corrected chi connectivity index (χ3v) is 7.36. The van der Waals surface area contributed by atoms with E-state index < -0.39 is 89.2 Å². The van der Waals surface area contributed by atoms with Crippen molar-refractivity contribution in [2.24, 2.45) is 0 Å². The molecule has 10 atom stereocenters. The predicted molar refractivity (Wildman–Crippen MR) is 108 cm³/mol. The number of hydrogen-bond donors (Lipinski definition) is 8. The quantitative estimate of drug-likeness (QED) is 0.134. The summed E-state index contributed by atoms with van der Waals surface area (Å²) in [5, 5.41) is 48.8. The number of rotatable bonds is 8. The van der Waals surface area contributed by atoms with Crippen LogP contribution in [0.15, 0.2) is 21.9 Å². The fourth-order valence-corrected chi connectivity index (χ4v) is 5.24. The number of H-pyrrole nitrogens is 1. The molecular formula is C15H22N2O18P2. The lowest BCUT2D eigenvalue weighted by Gasteiger charge is -2.35. The Morgan fingerprint density at radius 2 is 1.65 bits per heavy atom. The number of aliphatic hydroxyl groups is 5. The molecule has 3 rings (SSSR count). The van der Waals surface area contributed by atoms with Gasteiger partial charge in [0, 0.05) is 12.3 Å². The number of aromatic amines is 1. The molecule has 22 heteroatoms. The molecule has 0 spiro atoms. The average Bonchev–Trinajstić information content (AvgIpc) is 3.06. The summed E-state index contributed by atoms with van der Waals surface area (Å²) in [6, 6.07) is 0.939. The summed E-state index contributed by atoms with van der Waals surface area (Å²) in [6.07, 6.45) is -12.7. The Bertz CT molecular complexity index is 1160. The minimum absolute atomic E-state index is 0.250. The van der Waals surface area contributed by atoms with Gasteiger partial charge in [-0.3, -0.25) is 23.4 Å². The summed E-state index contributed by atoms with van der Waals surface area (Å²) in [7, 11) is -10.9. The molecule has 8 N–H and O–H groups in total. The minimum atomic E-state index is -5.47. The van der Waals surface area contributed by atoms with E-state index >= 15 is 0 Å². The van der Waals surface area contributed by atoms with E-state index in [0.717, 1.165) is 16.8 Å². The molecular weight excluding hydrogens is 558 g/mol. The molecule has 210 valence electrons. The molecule has 1 aromatic heterocycles. The van der Waals surface area contributed by atoms with Crippen LogP contribution in [0.2, 0.25) is 0 Å². The first-order chi connectivity index (χ1) is 17.1. The Morgan fingerprint density at radius 3 is 2.24 bits per heavy atom. The third kappa shape index (κ3) is 8.26. The van der Waals surface area contributed by atoms with Crippen LogP contribution in [0.3, 0.4) is 0 Å². The van der Waals surface area contributed by atoms with Crippen molar-refractivity contribution in [2.75, 3.05) is 13.2 Å². The Morgan fingerprint density at radius 1 is 1.03 bits per heavy atom. The standard InChI is InChI=1S/C14H22N2O16P2.CO2/c17-5-3-28-13(11(22)8(5)19)31-34(26,27)32-33(24,25)29-4-6-9(20)10(21)12(30-6)16-2-1-7(18)15-14(16)23;2-1-3/h1-2,5-6,8-13,17,19-22H,3-4H2,(H,24,25)(H,26,27)(H,15,18,23);/t5-,6?,8+,9?,10?,11-,12?,13?;/m0./s1. The summed E-state index contributed by atoms with van der Waals surface area (Å²) >= 11 is 0. The van der Waals surface area contributed by atoms with Crippen LogP contribution in [-0.2, 0) is 41.6 Å². The maximum atomic E-state index is 12.1. The number of nitrogens with zero attached hydrogens (tertiary/aromatic N) is 1. The number of phosphoric acid groups is 2. The van der Waals surface area contributed by atoms with E-state index in [1.165, 1.54) is 0 Å². The summed E-state index contributed by atoms with van der Waals surface area (Å²) in [6.45, 7) is -1.59. The van der Waals surface area contributed by atoms with Gasteiger partial charge in [-0.1, -0.05) is 0 Å². The fraction of sp³-hybridized carbons (Fsp3) is 0.667. The molecule has 2 aliphatic rings. The van der Waals surface area contributed by atoms with E-state index in [1.807, 2.05) is 4.98 Å². The van der Waals surface area contributed by atoms with Crippen molar-refractivity contribution >= 4 is 21.8 Å². The second-order valence-electron chi connectivity index (χ2n) is 7.32. The van der Waals surface area contributed by atoms with Crippen LogP contribution >= 0.6 is 15.6 Å². The molecule has 37 heavy (non-hydrogen) atoms. The van der Waals surface area contributed by atoms with Gasteiger partial charge in [0.25, 0.3) is 5.56 Å². The maximum absolute atomic E-state index is 12.1. The van der Waals surface area contributed by atoms with Crippen LogP contribution < -0.4 is 11.2 Å². The van der Waals surface area contributed by atoms with Gasteiger partial charge in [0.2, 0.25) is 0 Å². The van der Waals surface area contributed by atoms with Crippen LogP contribution in [0.25, 0.3) is 0 Å². The highest BCUT2D eigenvalue weighted by Crippen LogP contribution is 2.61. The lowest BCUT2D eigenvalue weighted by Crippen LogP contribution is -2.53. The van der Waals surface area contributed by atoms with Crippen molar-refractivity contribution in [2.45, 2.75) is 49.1 Å². The normalized spacial score (nSPS) is 34.9. The summed E-state index contributed by atoms with van der Waals surface area (Å²) in [5.74, 6) is 0. The van der Waals surface area contributed by atoms with Crippen LogP contribution in [0.5, 0.6) is 0 Å². The molecule has 20 nitrogen and oxygen atoms in total. The highest BCUT2D eigenvalue weighted by Gasteiger charge is 2.47. The monoisotopic (exact) mass is 580 g/mol. The first-order valence-corrected chi connectivity index (χ1v) is 12.8. The number of carbonyl (C=O) groups excluding carboxylic acids is 2. The van der Waals surface area contributed by atoms with E-state index in [9.17, 15) is 54.0 Å². The Hall–Kier alpha value is -1.96. The van der Waals surface area contributed by atoms with Gasteiger partial charge in [0.15, 0.2) is 12.5 Å². The lowest BCUT2D eigenvalue weighted by atomic mass is 10.1. The minimum Gasteiger partial charge on any atom is -0.388 e. The molecule has 0 amide bonds. The molecule has 0 saturated carbocycles. The Balaban J connectivity index is 0.00000153. The van der Waals surface area contributed by atoms with Gasteiger partial charge in [0.05, 0.1) is 13.2 Å². The van der Waals surface area contributed by atoms with Crippen molar-refractivity contribution in [3.8, 4) is 0 Å². The number of aromatic nitrogens is 2. The number of phosphoric ester groups is 2. The smallest absolute Gasteiger partial charge is 0.388 e. The van der Waals surface area contributed by atoms with Gasteiger partial charge < -0.3 is 44.8 Å². The number of ether oxygens (including phenoxy) is 2. The third-order valence-electron chi connectivity index (χ3n) is 4.76. The van der Waals surface area contributed by atoms with E-state index in [4.69, 9.17) is 19.1 Å². The van der Waals surface area contributed by atoms with Gasteiger partial charge in [-0.25, -0.2) is 13.9 Å². The fourth-order valence-electron chi connectivity index (χ4n) is 3.07. The van der Waals surface area contributed by atoms with Crippen LogP contribution in [-0.4, -0.2) is 107 Å². The Kier molecular flexibility index (Phi) is 10.8. The zero-order valence-electron chi connectivity index (χ0n) is 18.2. The number of hydrogen-bond acceptors (Lipinski definition) is 16. The maximum Gasteiger partial charge on any atom is 0.483 e. The van der Waals surface area contributed by atoms with Crippen molar-refractivity contribution in [1.29, 1.82) is 0 Å². The molecule has 2 saturated heterocycles. The first kappa shape index (κ1) is 31.3. The molecule has 0 aliphatic carbocycles. The zero-order chi connectivity index (χ0) is 28.1. The highest BCUT2D eigenvalue weighted by atomic mass is 31.3. The largest absolute Gasteiger partial charge is 0.483 e. The SMILES string of the molecule is O=C=O.O=c1ccn(C2OC(COP(=O)(O)OP(=O)(O)OC3OC[C@H](O)[C@@H](O)[C@@H]3O)C(O)C2O)c(=O)[nH]1. The lowest BCUT2D eigenvalue weighted by molar-refractivity contribution is -0.245. The van der Waals surface area contributed by atoms with Crippen molar-refractivity contribution in [3.05, 3.63) is 33.1 Å². The van der Waals surface area contributed by atoms with Crippen LogP contribution in [0.1, 0.15) is 6.23 Å². The van der Waals surface area contributed by atoms with Gasteiger partial charge in [-0.15, -0.1) is 0 Å². The van der Waals surface area contributed by atoms with Gasteiger partial charge in [0.1, 0.15) is 36.6 Å². The molecule has 0 radical (unpaired) electrons. The van der Waals surface area contributed by atoms with E-state index in [1.54, 1.807) is 0 Å². The molecule has 0 bridgehead atoms. The Labute approximate surface area is 204 Å². The predicted octanol–water partition coefficient (Wildman–Crippen LogP) is -4.74. The summed E-state index contributed by atoms with van der Waals surface area (Å²) in [5.41, 5.74) is -1.72. The second-order valence-corrected chi connectivity index (χ2v) is 10.3. The molecule has 0 aromatic carbocycles. The van der Waals surface area contributed by atoms with Crippen molar-refractivity contribution in [1.82, 2.24) is 9.55 Å².